The van der Waals surface area contributed by atoms with Gasteiger partial charge in [0, 0.05) is 22.9 Å². The van der Waals surface area contributed by atoms with Gasteiger partial charge in [-0.2, -0.15) is 0 Å². The van der Waals surface area contributed by atoms with Crippen molar-refractivity contribution in [2.24, 2.45) is 10.9 Å². The van der Waals surface area contributed by atoms with Crippen molar-refractivity contribution in [1.29, 1.82) is 0 Å². The molecule has 3 atom stereocenters. The van der Waals surface area contributed by atoms with Crippen LogP contribution in [-0.4, -0.2) is 63.5 Å². The molecule has 1 aliphatic heterocycles. The molecule has 1 aliphatic rings. The standard InChI is InChI=1S/C24H25N5O5S/c1-15(30)21(27-20(31)12-9-16-6-3-2-4-7-16)24(33)29-13-5-8-18(29)23(32)26-14-17-10-11-19(35-17)22(25)28-34/h2-8,10-11,15,18,21,30,34H,13-14H2,1H3,(H2,25,28)(H,26,32)(H,27,31)/t15?,18?,21-/m0/s1. The van der Waals surface area contributed by atoms with E-state index in [1.807, 2.05) is 6.07 Å². The number of oxime groups is 1. The molecule has 2 heterocycles. The Morgan fingerprint density at radius 3 is 2.69 bits per heavy atom. The molecule has 2 unspecified atom stereocenters. The maximum absolute atomic E-state index is 13.1. The molecule has 1 aromatic carbocycles. The number of hydrogen-bond acceptors (Lipinski definition) is 7. The first kappa shape index (κ1) is 25.5. The van der Waals surface area contributed by atoms with Crippen LogP contribution in [0.2, 0.25) is 0 Å². The third-order valence-electron chi connectivity index (χ3n) is 5.10. The van der Waals surface area contributed by atoms with E-state index in [4.69, 9.17) is 10.9 Å². The molecule has 3 rings (SSSR count). The van der Waals surface area contributed by atoms with E-state index in [1.165, 1.54) is 23.2 Å². The zero-order chi connectivity index (χ0) is 25.4. The van der Waals surface area contributed by atoms with E-state index in [1.54, 1.807) is 48.6 Å². The largest absolute Gasteiger partial charge is 0.409 e. The molecule has 0 saturated carbocycles. The topological polar surface area (TPSA) is 157 Å². The molecule has 3 amide bonds. The normalized spacial score (nSPS) is 16.7. The van der Waals surface area contributed by atoms with Crippen LogP contribution in [0.3, 0.4) is 0 Å². The van der Waals surface area contributed by atoms with Crippen LogP contribution in [0.5, 0.6) is 0 Å². The number of nitrogens with two attached hydrogens (primary N) is 1. The Labute approximate surface area is 206 Å². The minimum atomic E-state index is -1.27. The van der Waals surface area contributed by atoms with Gasteiger partial charge in [0.1, 0.15) is 12.1 Å². The number of aliphatic hydroxyl groups is 1. The highest BCUT2D eigenvalue weighted by Crippen LogP contribution is 2.17. The van der Waals surface area contributed by atoms with E-state index in [0.717, 1.165) is 4.88 Å². The minimum absolute atomic E-state index is 0.0252. The molecule has 182 valence electrons. The SMILES string of the molecule is CC(O)[C@H](NC(=O)C#Cc1ccccc1)C(=O)N1CC=CC1C(=O)NCc1ccc(/C(N)=N/O)s1. The molecule has 0 radical (unpaired) electrons. The lowest BCUT2D eigenvalue weighted by atomic mass is 10.1. The molecule has 2 aromatic rings. The molecule has 0 bridgehead atoms. The summed E-state index contributed by atoms with van der Waals surface area (Å²) in [6.45, 7) is 1.71. The Bertz CT molecular complexity index is 1200. The Morgan fingerprint density at radius 2 is 2.00 bits per heavy atom. The lowest BCUT2D eigenvalue weighted by Gasteiger charge is -2.29. The van der Waals surface area contributed by atoms with Crippen molar-refractivity contribution in [1.82, 2.24) is 15.5 Å². The molecule has 1 aromatic heterocycles. The van der Waals surface area contributed by atoms with Gasteiger partial charge in [0.2, 0.25) is 11.8 Å². The van der Waals surface area contributed by atoms with Crippen LogP contribution < -0.4 is 16.4 Å². The van der Waals surface area contributed by atoms with Crippen molar-refractivity contribution in [2.45, 2.75) is 31.7 Å². The summed E-state index contributed by atoms with van der Waals surface area (Å²) in [5.41, 5.74) is 6.19. The average molecular weight is 496 g/mol. The number of rotatable bonds is 7. The molecule has 0 saturated heterocycles. The van der Waals surface area contributed by atoms with Gasteiger partial charge in [0.25, 0.3) is 5.91 Å². The average Bonchev–Trinajstić information content (AvgIpc) is 3.54. The number of nitrogens with one attached hydrogen (secondary N) is 2. The van der Waals surface area contributed by atoms with E-state index in [-0.39, 0.29) is 18.9 Å². The van der Waals surface area contributed by atoms with Crippen molar-refractivity contribution in [3.63, 3.8) is 0 Å². The molecule has 0 spiro atoms. The molecular formula is C24H25N5O5S. The van der Waals surface area contributed by atoms with Crippen molar-refractivity contribution < 1.29 is 24.7 Å². The summed E-state index contributed by atoms with van der Waals surface area (Å²) in [6, 6.07) is 10.1. The van der Waals surface area contributed by atoms with E-state index in [2.05, 4.69) is 27.6 Å². The first-order valence-electron chi connectivity index (χ1n) is 10.7. The number of carbonyl (C=O) groups excluding carboxylic acids is 3. The highest BCUT2D eigenvalue weighted by Gasteiger charge is 2.36. The number of hydrogen-bond donors (Lipinski definition) is 5. The van der Waals surface area contributed by atoms with Gasteiger partial charge in [-0.15, -0.1) is 11.3 Å². The number of carbonyl (C=O) groups is 3. The molecule has 0 fully saturated rings. The lowest BCUT2D eigenvalue weighted by molar-refractivity contribution is -0.142. The summed E-state index contributed by atoms with van der Waals surface area (Å²) in [5.74, 6) is 3.32. The van der Waals surface area contributed by atoms with Gasteiger partial charge in [0.15, 0.2) is 5.84 Å². The van der Waals surface area contributed by atoms with Gasteiger partial charge < -0.3 is 31.6 Å². The summed E-state index contributed by atoms with van der Waals surface area (Å²) in [4.78, 5) is 40.8. The first-order chi connectivity index (χ1) is 16.8. The fourth-order valence-electron chi connectivity index (χ4n) is 3.31. The molecule has 6 N–H and O–H groups in total. The smallest absolute Gasteiger partial charge is 0.296 e. The molecule has 11 heteroatoms. The zero-order valence-electron chi connectivity index (χ0n) is 18.8. The number of nitrogens with zero attached hydrogens (tertiary/aromatic N) is 2. The van der Waals surface area contributed by atoms with Crippen LogP contribution in [0.25, 0.3) is 0 Å². The fourth-order valence-corrected chi connectivity index (χ4v) is 4.15. The maximum atomic E-state index is 13.1. The van der Waals surface area contributed by atoms with Gasteiger partial charge >= 0.3 is 0 Å². The Morgan fingerprint density at radius 1 is 1.26 bits per heavy atom. The number of aliphatic hydroxyl groups excluding tert-OH is 1. The van der Waals surface area contributed by atoms with Crippen molar-refractivity contribution in [3.8, 4) is 11.8 Å². The van der Waals surface area contributed by atoms with Gasteiger partial charge in [-0.05, 0) is 31.2 Å². The van der Waals surface area contributed by atoms with E-state index in [0.29, 0.717) is 10.4 Å². The molecule has 0 aliphatic carbocycles. The third kappa shape index (κ3) is 6.69. The highest BCUT2D eigenvalue weighted by molar-refractivity contribution is 7.14. The number of amides is 3. The summed E-state index contributed by atoms with van der Waals surface area (Å²) >= 11 is 1.25. The predicted octanol–water partition coefficient (Wildman–Crippen LogP) is 0.143. The van der Waals surface area contributed by atoms with Crippen LogP contribution in [0.15, 0.2) is 59.8 Å². The third-order valence-corrected chi connectivity index (χ3v) is 6.20. The van der Waals surface area contributed by atoms with Crippen molar-refractivity contribution in [2.75, 3.05) is 6.54 Å². The lowest BCUT2D eigenvalue weighted by Crippen LogP contribution is -2.57. The maximum Gasteiger partial charge on any atom is 0.296 e. The van der Waals surface area contributed by atoms with Crippen molar-refractivity contribution >= 4 is 34.9 Å². The number of amidine groups is 1. The number of benzene rings is 1. The van der Waals surface area contributed by atoms with E-state index >= 15 is 0 Å². The number of thiophene rings is 1. The van der Waals surface area contributed by atoms with E-state index < -0.39 is 35.9 Å². The monoisotopic (exact) mass is 495 g/mol. The second-order valence-corrected chi connectivity index (χ2v) is 8.81. The predicted molar refractivity (Wildman–Crippen MR) is 130 cm³/mol. The molecule has 35 heavy (non-hydrogen) atoms. The quantitative estimate of drug-likeness (QED) is 0.0918. The van der Waals surface area contributed by atoms with Gasteiger partial charge in [-0.1, -0.05) is 41.4 Å². The Kier molecular flexibility index (Phi) is 8.61. The summed E-state index contributed by atoms with van der Waals surface area (Å²) in [6.07, 6.45) is 2.04. The van der Waals surface area contributed by atoms with Gasteiger partial charge in [-0.3, -0.25) is 14.4 Å². The minimum Gasteiger partial charge on any atom is -0.409 e. The fraction of sp³-hybridized carbons (Fsp3) is 0.250. The van der Waals surface area contributed by atoms with Crippen LogP contribution in [0, 0.1) is 11.8 Å². The first-order valence-corrected chi connectivity index (χ1v) is 11.5. The molecular weight excluding hydrogens is 470 g/mol. The summed E-state index contributed by atoms with van der Waals surface area (Å²) in [5, 5.41) is 27.1. The second kappa shape index (κ2) is 11.8. The summed E-state index contributed by atoms with van der Waals surface area (Å²) < 4.78 is 0. The van der Waals surface area contributed by atoms with Crippen LogP contribution >= 0.6 is 11.3 Å². The second-order valence-electron chi connectivity index (χ2n) is 7.64. The highest BCUT2D eigenvalue weighted by atomic mass is 32.1. The zero-order valence-corrected chi connectivity index (χ0v) is 19.7. The van der Waals surface area contributed by atoms with E-state index in [9.17, 15) is 19.5 Å². The van der Waals surface area contributed by atoms with Gasteiger partial charge in [0.05, 0.1) is 17.5 Å². The molecule has 10 nitrogen and oxygen atoms in total. The van der Waals surface area contributed by atoms with Gasteiger partial charge in [-0.25, -0.2) is 0 Å². The van der Waals surface area contributed by atoms with Crippen LogP contribution in [0.4, 0.5) is 0 Å². The van der Waals surface area contributed by atoms with Crippen LogP contribution in [-0.2, 0) is 20.9 Å². The Balaban J connectivity index is 1.62. The summed E-state index contributed by atoms with van der Waals surface area (Å²) in [7, 11) is 0. The van der Waals surface area contributed by atoms with Crippen molar-refractivity contribution in [3.05, 3.63) is 69.9 Å². The van der Waals surface area contributed by atoms with Crippen LogP contribution in [0.1, 0.15) is 22.2 Å². The Hall–Kier alpha value is -4.14.